The number of hydrogen-bond donors (Lipinski definition) is 0. The summed E-state index contributed by atoms with van der Waals surface area (Å²) in [6.07, 6.45) is 3.05. The van der Waals surface area contributed by atoms with E-state index in [1.54, 1.807) is 6.20 Å². The summed E-state index contributed by atoms with van der Waals surface area (Å²) in [4.78, 5) is 4.28. The predicted octanol–water partition coefficient (Wildman–Crippen LogP) is 4.94. The molecule has 1 aliphatic rings. The first-order valence-corrected chi connectivity index (χ1v) is 8.26. The van der Waals surface area contributed by atoms with Gasteiger partial charge in [0, 0.05) is 16.1 Å². The third-order valence-electron chi connectivity index (χ3n) is 4.51. The van der Waals surface area contributed by atoms with E-state index >= 15 is 0 Å². The second-order valence-electron chi connectivity index (χ2n) is 6.68. The first kappa shape index (κ1) is 16.6. The smallest absolute Gasteiger partial charge is 0.398 e. The molecule has 0 bridgehead atoms. The lowest BCUT2D eigenvalue weighted by atomic mass is 9.87. The summed E-state index contributed by atoms with van der Waals surface area (Å²) >= 11 is 3.44. The highest BCUT2D eigenvalue weighted by molar-refractivity contribution is 9.10. The quantitative estimate of drug-likeness (QED) is 0.694. The van der Waals surface area contributed by atoms with E-state index in [0.717, 1.165) is 15.2 Å². The minimum atomic E-state index is -1.01. The lowest BCUT2D eigenvalue weighted by Crippen LogP contribution is -2.41. The maximum Gasteiger partial charge on any atom is 0.525 e. The van der Waals surface area contributed by atoms with E-state index in [-0.39, 0.29) is 0 Å². The summed E-state index contributed by atoms with van der Waals surface area (Å²) in [5.74, 6) is 0. The van der Waals surface area contributed by atoms with Gasteiger partial charge < -0.3 is 9.31 Å². The number of nitrogens with zero attached hydrogens (tertiary/aromatic N) is 1. The van der Waals surface area contributed by atoms with E-state index < -0.39 is 24.0 Å². The molecule has 3 nitrogen and oxygen atoms in total. The molecule has 0 saturated carbocycles. The highest BCUT2D eigenvalue weighted by Gasteiger charge is 2.53. The molecule has 2 aromatic rings. The van der Waals surface area contributed by atoms with Crippen molar-refractivity contribution in [2.75, 3.05) is 0 Å². The summed E-state index contributed by atoms with van der Waals surface area (Å²) in [6, 6.07) is 7.73. The fraction of sp³-hybridized carbons (Fsp3) is 0.353. The normalized spacial score (nSPS) is 20.3. The molecule has 0 N–H and O–H groups in total. The maximum absolute atomic E-state index is 14.7. The first-order valence-electron chi connectivity index (χ1n) is 7.47. The highest BCUT2D eigenvalue weighted by Crippen LogP contribution is 2.39. The molecule has 120 valence electrons. The van der Waals surface area contributed by atoms with Crippen molar-refractivity contribution < 1.29 is 13.7 Å². The van der Waals surface area contributed by atoms with E-state index in [2.05, 4.69) is 20.9 Å². The molecule has 0 unspecified atom stereocenters. The number of benzene rings is 1. The SMILES string of the molecule is CC1(C)OB(C(F)=Cc2nccc3ccc(Br)cc23)OC1(C)C. The predicted molar refractivity (Wildman–Crippen MR) is 94.6 cm³/mol. The molecule has 1 fully saturated rings. The minimum absolute atomic E-state index is 0.483. The topological polar surface area (TPSA) is 31.4 Å². The second kappa shape index (κ2) is 5.69. The maximum atomic E-state index is 14.7. The van der Waals surface area contributed by atoms with Crippen molar-refractivity contribution >= 4 is 39.9 Å². The Morgan fingerprint density at radius 1 is 1.17 bits per heavy atom. The third-order valence-corrected chi connectivity index (χ3v) is 5.01. The summed E-state index contributed by atoms with van der Waals surface area (Å²) in [7, 11) is -1.01. The van der Waals surface area contributed by atoms with Crippen LogP contribution in [0.1, 0.15) is 33.4 Å². The number of halogens is 2. The zero-order valence-electron chi connectivity index (χ0n) is 13.6. The molecular formula is C17H18BBrFNO2. The second-order valence-corrected chi connectivity index (χ2v) is 7.59. The van der Waals surface area contributed by atoms with Crippen molar-refractivity contribution in [1.29, 1.82) is 0 Å². The average molecular weight is 378 g/mol. The van der Waals surface area contributed by atoms with Crippen LogP contribution in [0.5, 0.6) is 0 Å². The van der Waals surface area contributed by atoms with Gasteiger partial charge in [-0.2, -0.15) is 0 Å². The van der Waals surface area contributed by atoms with Gasteiger partial charge in [-0.3, -0.25) is 4.98 Å². The number of rotatable bonds is 2. The lowest BCUT2D eigenvalue weighted by molar-refractivity contribution is 0.00578. The van der Waals surface area contributed by atoms with Gasteiger partial charge in [-0.25, -0.2) is 4.39 Å². The Morgan fingerprint density at radius 3 is 2.48 bits per heavy atom. The van der Waals surface area contributed by atoms with Crippen LogP contribution in [-0.4, -0.2) is 23.3 Å². The van der Waals surface area contributed by atoms with Crippen LogP contribution < -0.4 is 0 Å². The van der Waals surface area contributed by atoms with Gasteiger partial charge >= 0.3 is 7.12 Å². The Hall–Kier alpha value is -1.24. The van der Waals surface area contributed by atoms with Gasteiger partial charge in [0.05, 0.1) is 16.9 Å². The molecule has 1 aliphatic heterocycles. The number of fused-ring (bicyclic) bond motifs is 1. The van der Waals surface area contributed by atoms with Crippen molar-refractivity contribution in [3.8, 4) is 0 Å². The fourth-order valence-electron chi connectivity index (χ4n) is 2.43. The van der Waals surface area contributed by atoms with Crippen LogP contribution in [0.3, 0.4) is 0 Å². The zero-order chi connectivity index (χ0) is 16.8. The van der Waals surface area contributed by atoms with Crippen molar-refractivity contribution in [3.05, 3.63) is 46.4 Å². The lowest BCUT2D eigenvalue weighted by Gasteiger charge is -2.32. The van der Waals surface area contributed by atoms with E-state index in [9.17, 15) is 4.39 Å². The van der Waals surface area contributed by atoms with E-state index in [1.165, 1.54) is 6.08 Å². The molecular weight excluding hydrogens is 360 g/mol. The summed E-state index contributed by atoms with van der Waals surface area (Å²) < 4.78 is 27.1. The average Bonchev–Trinajstić information content (AvgIpc) is 2.68. The zero-order valence-corrected chi connectivity index (χ0v) is 15.1. The number of aromatic nitrogens is 1. The van der Waals surface area contributed by atoms with Gasteiger partial charge in [0.1, 0.15) is 5.73 Å². The third kappa shape index (κ3) is 3.07. The van der Waals surface area contributed by atoms with E-state index in [4.69, 9.17) is 9.31 Å². The van der Waals surface area contributed by atoms with Crippen LogP contribution in [0, 0.1) is 0 Å². The molecule has 0 aliphatic carbocycles. The largest absolute Gasteiger partial charge is 0.525 e. The van der Waals surface area contributed by atoms with Crippen molar-refractivity contribution in [3.63, 3.8) is 0 Å². The molecule has 23 heavy (non-hydrogen) atoms. The Kier molecular flexibility index (Phi) is 4.11. The molecule has 0 atom stereocenters. The van der Waals surface area contributed by atoms with Crippen LogP contribution in [0.25, 0.3) is 16.8 Å². The molecule has 0 amide bonds. The Labute approximate surface area is 144 Å². The molecule has 3 rings (SSSR count). The molecule has 1 aromatic carbocycles. The first-order chi connectivity index (χ1) is 10.7. The standard InChI is InChI=1S/C17H18BBrFNO2/c1-16(2)17(3,4)23-18(22-16)15(20)10-14-13-9-12(19)6-5-11(13)7-8-21-14/h5-10H,1-4H3. The number of hydrogen-bond acceptors (Lipinski definition) is 3. The molecule has 0 radical (unpaired) electrons. The van der Waals surface area contributed by atoms with Gasteiger partial charge in [-0.15, -0.1) is 0 Å². The van der Waals surface area contributed by atoms with Gasteiger partial charge in [0.15, 0.2) is 0 Å². The van der Waals surface area contributed by atoms with Crippen LogP contribution in [0.4, 0.5) is 4.39 Å². The minimum Gasteiger partial charge on any atom is -0.398 e. The fourth-order valence-corrected chi connectivity index (χ4v) is 2.79. The van der Waals surface area contributed by atoms with Crippen LogP contribution in [-0.2, 0) is 9.31 Å². The Bertz CT molecular complexity index is 775. The monoisotopic (exact) mass is 377 g/mol. The van der Waals surface area contributed by atoms with E-state index in [1.807, 2.05) is 52.0 Å². The van der Waals surface area contributed by atoms with Gasteiger partial charge in [-0.1, -0.05) is 22.0 Å². The molecule has 1 aromatic heterocycles. The van der Waals surface area contributed by atoms with Crippen LogP contribution >= 0.6 is 15.9 Å². The summed E-state index contributed by atoms with van der Waals surface area (Å²) in [5, 5.41) is 1.87. The van der Waals surface area contributed by atoms with Gasteiger partial charge in [0.2, 0.25) is 0 Å². The van der Waals surface area contributed by atoms with Crippen LogP contribution in [0.2, 0.25) is 0 Å². The highest BCUT2D eigenvalue weighted by atomic mass is 79.9. The van der Waals surface area contributed by atoms with Gasteiger partial charge in [0.25, 0.3) is 0 Å². The summed E-state index contributed by atoms with van der Waals surface area (Å²) in [6.45, 7) is 7.59. The summed E-state index contributed by atoms with van der Waals surface area (Å²) in [5.41, 5.74) is -1.07. The molecule has 2 heterocycles. The van der Waals surface area contributed by atoms with Crippen molar-refractivity contribution in [2.45, 2.75) is 38.9 Å². The Morgan fingerprint density at radius 2 is 1.83 bits per heavy atom. The molecule has 1 saturated heterocycles. The van der Waals surface area contributed by atoms with E-state index in [0.29, 0.717) is 5.69 Å². The number of pyridine rings is 1. The van der Waals surface area contributed by atoms with Crippen molar-refractivity contribution in [2.24, 2.45) is 0 Å². The van der Waals surface area contributed by atoms with Crippen molar-refractivity contribution in [1.82, 2.24) is 4.98 Å². The van der Waals surface area contributed by atoms with Gasteiger partial charge in [-0.05, 0) is 57.4 Å². The Balaban J connectivity index is 1.98. The molecule has 0 spiro atoms. The molecule has 6 heteroatoms. The van der Waals surface area contributed by atoms with Crippen LogP contribution in [0.15, 0.2) is 40.7 Å².